The highest BCUT2D eigenvalue weighted by Crippen LogP contribution is 2.34. The van der Waals surface area contributed by atoms with Gasteiger partial charge in [-0.15, -0.1) is 0 Å². The summed E-state index contributed by atoms with van der Waals surface area (Å²) in [6, 6.07) is 12.0. The van der Waals surface area contributed by atoms with Gasteiger partial charge in [-0.3, -0.25) is 4.90 Å². The predicted octanol–water partition coefficient (Wildman–Crippen LogP) is 3.97. The third kappa shape index (κ3) is 2.04. The van der Waals surface area contributed by atoms with E-state index < -0.39 is 0 Å². The maximum Gasteiger partial charge on any atom is 0.321 e. The van der Waals surface area contributed by atoms with E-state index in [4.69, 9.17) is 11.6 Å². The number of carbonyl (C=O) groups is 1. The molecule has 1 aliphatic rings. The first-order chi connectivity index (χ1) is 9.58. The average molecular weight is 287 g/mol. The molecule has 0 spiro atoms. The zero-order chi connectivity index (χ0) is 14.3. The van der Waals surface area contributed by atoms with Crippen LogP contribution in [0.25, 0.3) is 11.1 Å². The predicted molar refractivity (Wildman–Crippen MR) is 82.3 cm³/mol. The summed E-state index contributed by atoms with van der Waals surface area (Å²) in [4.78, 5) is 13.2. The zero-order valence-corrected chi connectivity index (χ0v) is 12.2. The number of nitrogens with zero attached hydrogens (tertiary/aromatic N) is 1. The van der Waals surface area contributed by atoms with Crippen LogP contribution in [0.15, 0.2) is 36.4 Å². The molecule has 2 amide bonds. The van der Waals surface area contributed by atoms with Gasteiger partial charge < -0.3 is 5.32 Å². The molecule has 0 radical (unpaired) electrons. The van der Waals surface area contributed by atoms with Crippen molar-refractivity contribution in [3.05, 3.63) is 52.5 Å². The van der Waals surface area contributed by atoms with Crippen molar-refractivity contribution in [3.8, 4) is 11.1 Å². The van der Waals surface area contributed by atoms with E-state index in [0.29, 0.717) is 6.54 Å². The summed E-state index contributed by atoms with van der Waals surface area (Å²) < 4.78 is 0. The molecular formula is C16H15ClN2O. The van der Waals surface area contributed by atoms with Gasteiger partial charge >= 0.3 is 6.03 Å². The second-order valence-electron chi connectivity index (χ2n) is 5.00. The number of amides is 2. The summed E-state index contributed by atoms with van der Waals surface area (Å²) >= 11 is 6.38. The molecule has 0 aromatic heterocycles. The van der Waals surface area contributed by atoms with Crippen molar-refractivity contribution in [1.29, 1.82) is 0 Å². The first-order valence-corrected chi connectivity index (χ1v) is 6.85. The number of hydrogen-bond donors (Lipinski definition) is 1. The van der Waals surface area contributed by atoms with Crippen molar-refractivity contribution in [2.24, 2.45) is 0 Å². The molecule has 4 heteroatoms. The van der Waals surface area contributed by atoms with Crippen molar-refractivity contribution in [1.82, 2.24) is 5.32 Å². The fraction of sp³-hybridized carbons (Fsp3) is 0.188. The van der Waals surface area contributed by atoms with Crippen molar-refractivity contribution in [2.45, 2.75) is 13.5 Å². The number of hydrogen-bond acceptors (Lipinski definition) is 1. The molecule has 0 fully saturated rings. The minimum Gasteiger partial charge on any atom is -0.334 e. The molecule has 0 unspecified atom stereocenters. The minimum absolute atomic E-state index is 0.0705. The quantitative estimate of drug-likeness (QED) is 0.845. The Labute approximate surface area is 123 Å². The van der Waals surface area contributed by atoms with Crippen LogP contribution < -0.4 is 10.2 Å². The average Bonchev–Trinajstić information content (AvgIpc) is 2.46. The fourth-order valence-corrected chi connectivity index (χ4v) is 2.73. The van der Waals surface area contributed by atoms with E-state index in [2.05, 4.69) is 11.4 Å². The van der Waals surface area contributed by atoms with Gasteiger partial charge in [-0.05, 0) is 35.7 Å². The van der Waals surface area contributed by atoms with Crippen LogP contribution in [0.3, 0.4) is 0 Å². The van der Waals surface area contributed by atoms with Crippen LogP contribution in [0.2, 0.25) is 5.02 Å². The van der Waals surface area contributed by atoms with Crippen molar-refractivity contribution < 1.29 is 4.79 Å². The molecule has 0 saturated heterocycles. The van der Waals surface area contributed by atoms with E-state index in [0.717, 1.165) is 33.0 Å². The van der Waals surface area contributed by atoms with E-state index in [9.17, 15) is 4.79 Å². The lowest BCUT2D eigenvalue weighted by atomic mass is 9.99. The Hall–Kier alpha value is -2.00. The number of aryl methyl sites for hydroxylation is 1. The zero-order valence-electron chi connectivity index (χ0n) is 11.4. The van der Waals surface area contributed by atoms with Gasteiger partial charge in [0.25, 0.3) is 0 Å². The molecule has 3 nitrogen and oxygen atoms in total. The lowest BCUT2D eigenvalue weighted by Gasteiger charge is -2.27. The van der Waals surface area contributed by atoms with Gasteiger partial charge in [-0.25, -0.2) is 4.79 Å². The van der Waals surface area contributed by atoms with E-state index in [1.54, 1.807) is 11.9 Å². The summed E-state index contributed by atoms with van der Waals surface area (Å²) in [6.07, 6.45) is 0. The third-order valence-electron chi connectivity index (χ3n) is 3.68. The Kier molecular flexibility index (Phi) is 3.14. The summed E-state index contributed by atoms with van der Waals surface area (Å²) in [5, 5.41) is 3.63. The number of benzene rings is 2. The molecule has 3 rings (SSSR count). The van der Waals surface area contributed by atoms with E-state index >= 15 is 0 Å². The largest absolute Gasteiger partial charge is 0.334 e. The Balaban J connectivity index is 2.09. The maximum atomic E-state index is 11.6. The van der Waals surface area contributed by atoms with Gasteiger partial charge in [-0.2, -0.15) is 0 Å². The summed E-state index contributed by atoms with van der Waals surface area (Å²) in [5.41, 5.74) is 5.20. The highest BCUT2D eigenvalue weighted by Gasteiger charge is 2.20. The molecule has 20 heavy (non-hydrogen) atoms. The Morgan fingerprint density at radius 3 is 2.85 bits per heavy atom. The minimum atomic E-state index is -0.0705. The number of urea groups is 1. The van der Waals surface area contributed by atoms with Crippen LogP contribution in [0.4, 0.5) is 10.5 Å². The number of nitrogens with one attached hydrogen (secondary N) is 1. The van der Waals surface area contributed by atoms with E-state index in [1.807, 2.05) is 37.3 Å². The number of fused-ring (bicyclic) bond motifs is 1. The van der Waals surface area contributed by atoms with Crippen molar-refractivity contribution in [3.63, 3.8) is 0 Å². The molecule has 2 aromatic rings. The van der Waals surface area contributed by atoms with Gasteiger partial charge in [0, 0.05) is 19.2 Å². The molecule has 0 atom stereocenters. The second-order valence-corrected chi connectivity index (χ2v) is 5.38. The monoisotopic (exact) mass is 286 g/mol. The fourth-order valence-electron chi connectivity index (χ4n) is 2.49. The van der Waals surface area contributed by atoms with E-state index in [1.165, 1.54) is 0 Å². The SMILES string of the molecule is Cc1cccc(-c2ccc3c(c2)CNC(=O)N3C)c1Cl. The first-order valence-electron chi connectivity index (χ1n) is 6.48. The lowest BCUT2D eigenvalue weighted by Crippen LogP contribution is -2.41. The number of halogens is 1. The standard InChI is InChI=1S/C16H15ClN2O/c1-10-4-3-5-13(15(10)17)11-6-7-14-12(8-11)9-18-16(20)19(14)2/h3-8H,9H2,1-2H3,(H,18,20). The normalized spacial score (nSPS) is 13.9. The lowest BCUT2D eigenvalue weighted by molar-refractivity contribution is 0.246. The molecule has 1 aliphatic heterocycles. The van der Waals surface area contributed by atoms with Crippen LogP contribution in [0, 0.1) is 6.92 Å². The Bertz CT molecular complexity index is 697. The van der Waals surface area contributed by atoms with E-state index in [-0.39, 0.29) is 6.03 Å². The van der Waals surface area contributed by atoms with Crippen LogP contribution in [-0.4, -0.2) is 13.1 Å². The summed E-state index contributed by atoms with van der Waals surface area (Å²) in [5.74, 6) is 0. The van der Waals surface area contributed by atoms with Crippen LogP contribution >= 0.6 is 11.6 Å². The first kappa shape index (κ1) is 13.0. The highest BCUT2D eigenvalue weighted by atomic mass is 35.5. The molecule has 2 aromatic carbocycles. The molecule has 0 aliphatic carbocycles. The van der Waals surface area contributed by atoms with Gasteiger partial charge in [0.1, 0.15) is 0 Å². The van der Waals surface area contributed by atoms with Gasteiger partial charge in [0.15, 0.2) is 0 Å². The number of rotatable bonds is 1. The van der Waals surface area contributed by atoms with Gasteiger partial charge in [0.05, 0.1) is 10.7 Å². The molecule has 0 saturated carbocycles. The molecule has 1 N–H and O–H groups in total. The topological polar surface area (TPSA) is 32.3 Å². The number of anilines is 1. The third-order valence-corrected chi connectivity index (χ3v) is 4.18. The maximum absolute atomic E-state index is 11.6. The summed E-state index contributed by atoms with van der Waals surface area (Å²) in [6.45, 7) is 2.55. The van der Waals surface area contributed by atoms with Crippen molar-refractivity contribution >= 4 is 23.3 Å². The Morgan fingerprint density at radius 2 is 2.05 bits per heavy atom. The van der Waals surface area contributed by atoms with Crippen molar-refractivity contribution in [2.75, 3.05) is 11.9 Å². The van der Waals surface area contributed by atoms with Gasteiger partial charge in [-0.1, -0.05) is 35.9 Å². The number of carbonyl (C=O) groups excluding carboxylic acids is 1. The molecular weight excluding hydrogens is 272 g/mol. The second kappa shape index (κ2) is 4.84. The highest BCUT2D eigenvalue weighted by molar-refractivity contribution is 6.34. The summed E-state index contributed by atoms with van der Waals surface area (Å²) in [7, 11) is 1.77. The van der Waals surface area contributed by atoms with Crippen LogP contribution in [-0.2, 0) is 6.54 Å². The molecule has 0 bridgehead atoms. The van der Waals surface area contributed by atoms with Gasteiger partial charge in [0.2, 0.25) is 0 Å². The smallest absolute Gasteiger partial charge is 0.321 e. The molecule has 1 heterocycles. The molecule has 102 valence electrons. The Morgan fingerprint density at radius 1 is 1.25 bits per heavy atom. The van der Waals surface area contributed by atoms with Crippen LogP contribution in [0.5, 0.6) is 0 Å². The van der Waals surface area contributed by atoms with Crippen LogP contribution in [0.1, 0.15) is 11.1 Å².